The van der Waals surface area contributed by atoms with Crippen LogP contribution < -0.4 is 0 Å². The molecule has 3 heteroatoms. The Bertz CT molecular complexity index is 99.2. The predicted octanol–water partition coefficient (Wildman–Crippen LogP) is 2.02. The molecule has 0 aromatic heterocycles. The number of nitrogens with zero attached hydrogens (tertiary/aromatic N) is 2. The molecule has 0 bridgehead atoms. The molecule has 0 saturated heterocycles. The van der Waals surface area contributed by atoms with Crippen LogP contribution in [0.25, 0.3) is 0 Å². The zero-order valence-electron chi connectivity index (χ0n) is 5.87. The summed E-state index contributed by atoms with van der Waals surface area (Å²) in [6, 6.07) is 0. The van der Waals surface area contributed by atoms with Gasteiger partial charge in [-0.25, -0.2) is 0 Å². The summed E-state index contributed by atoms with van der Waals surface area (Å²) in [6.45, 7) is 7.55. The van der Waals surface area contributed by atoms with Gasteiger partial charge < -0.3 is 0 Å². The Hall–Kier alpha value is -0.310. The zero-order chi connectivity index (χ0) is 7.11. The van der Waals surface area contributed by atoms with Gasteiger partial charge in [-0.3, -0.25) is 0 Å². The van der Waals surface area contributed by atoms with Crippen molar-refractivity contribution < 1.29 is 0 Å². The van der Waals surface area contributed by atoms with Gasteiger partial charge in [0.15, 0.2) is 0 Å². The normalized spacial score (nSPS) is 11.0. The topological polar surface area (TPSA) is 24.7 Å². The summed E-state index contributed by atoms with van der Waals surface area (Å²) in [4.78, 5) is 0. The smallest absolute Gasteiger partial charge is 0.0824 e. The van der Waals surface area contributed by atoms with E-state index >= 15 is 0 Å². The lowest BCUT2D eigenvalue weighted by molar-refractivity contribution is 0.752. The van der Waals surface area contributed by atoms with Crippen LogP contribution in [0.15, 0.2) is 10.2 Å². The summed E-state index contributed by atoms with van der Waals surface area (Å²) in [5, 5.41) is 6.93. The van der Waals surface area contributed by atoms with Crippen molar-refractivity contribution in [2.24, 2.45) is 16.1 Å². The summed E-state index contributed by atoms with van der Waals surface area (Å²) < 4.78 is 0. The van der Waals surface area contributed by atoms with Crippen LogP contribution in [-0.2, 0) is 0 Å². The molecule has 0 unspecified atom stereocenters. The lowest BCUT2D eigenvalue weighted by atomic mass is 10.3. The van der Waals surface area contributed by atoms with Gasteiger partial charge in [-0.1, -0.05) is 13.8 Å². The highest BCUT2D eigenvalue weighted by Gasteiger charge is 1.89. The van der Waals surface area contributed by atoms with Crippen molar-refractivity contribution in [3.05, 3.63) is 0 Å². The average Bonchev–Trinajstić information content (AvgIpc) is 1.80. The highest BCUT2D eigenvalue weighted by atomic mass is 32.2. The van der Waals surface area contributed by atoms with Gasteiger partial charge in [-0.15, -0.1) is 11.8 Å². The van der Waals surface area contributed by atoms with Crippen molar-refractivity contribution in [2.45, 2.75) is 13.8 Å². The molecule has 0 heterocycles. The van der Waals surface area contributed by atoms with Crippen molar-refractivity contribution in [1.29, 1.82) is 0 Å². The Morgan fingerprint density at radius 1 is 1.67 bits per heavy atom. The summed E-state index contributed by atoms with van der Waals surface area (Å²) >= 11 is 1.66. The van der Waals surface area contributed by atoms with Gasteiger partial charge in [0.05, 0.1) is 5.55 Å². The molecule has 0 atom stereocenters. The van der Waals surface area contributed by atoms with E-state index in [1.165, 1.54) is 0 Å². The maximum absolute atomic E-state index is 3.60. The SMILES string of the molecule is C=N/N=C\SCC(C)C. The summed E-state index contributed by atoms with van der Waals surface area (Å²) in [5.74, 6) is 1.81. The Labute approximate surface area is 60.4 Å². The Morgan fingerprint density at radius 2 is 2.33 bits per heavy atom. The van der Waals surface area contributed by atoms with Crippen LogP contribution in [0, 0.1) is 5.92 Å². The van der Waals surface area contributed by atoms with Crippen LogP contribution >= 0.6 is 11.8 Å². The quantitative estimate of drug-likeness (QED) is 0.336. The van der Waals surface area contributed by atoms with E-state index in [0.29, 0.717) is 5.92 Å². The molecule has 0 aromatic carbocycles. The summed E-state index contributed by atoms with van der Waals surface area (Å²) in [5.41, 5.74) is 1.72. The molecule has 0 aromatic rings. The molecule has 0 aliphatic heterocycles. The maximum atomic E-state index is 3.60. The second-order valence-corrected chi connectivity index (χ2v) is 2.97. The van der Waals surface area contributed by atoms with Crippen LogP contribution in [0.5, 0.6) is 0 Å². The van der Waals surface area contributed by atoms with E-state index < -0.39 is 0 Å². The fourth-order valence-electron chi connectivity index (χ4n) is 0.302. The minimum atomic E-state index is 0.714. The van der Waals surface area contributed by atoms with Crippen LogP contribution in [0.2, 0.25) is 0 Å². The molecule has 0 amide bonds. The first-order valence-electron chi connectivity index (χ1n) is 2.86. The fourth-order valence-corrected chi connectivity index (χ4v) is 0.906. The number of thioether (sulfide) groups is 1. The highest BCUT2D eigenvalue weighted by molar-refractivity contribution is 8.12. The molecule has 0 N–H and O–H groups in total. The van der Waals surface area contributed by atoms with E-state index in [9.17, 15) is 0 Å². The van der Waals surface area contributed by atoms with Gasteiger partial charge in [-0.05, 0) is 5.92 Å². The van der Waals surface area contributed by atoms with E-state index in [1.807, 2.05) is 0 Å². The molecular weight excluding hydrogens is 132 g/mol. The van der Waals surface area contributed by atoms with Crippen LogP contribution in [0.1, 0.15) is 13.8 Å². The Balaban J connectivity index is 3.08. The lowest BCUT2D eigenvalue weighted by Crippen LogP contribution is -1.88. The average molecular weight is 144 g/mol. The van der Waals surface area contributed by atoms with Gasteiger partial charge in [0.1, 0.15) is 0 Å². The molecule has 0 aliphatic rings. The lowest BCUT2D eigenvalue weighted by Gasteiger charge is -1.96. The van der Waals surface area contributed by atoms with E-state index in [2.05, 4.69) is 30.8 Å². The molecule has 0 rings (SSSR count). The van der Waals surface area contributed by atoms with Gasteiger partial charge in [0.2, 0.25) is 0 Å². The largest absolute Gasteiger partial charge is 0.167 e. The highest BCUT2D eigenvalue weighted by Crippen LogP contribution is 2.03. The third-order valence-corrected chi connectivity index (χ3v) is 1.74. The first kappa shape index (κ1) is 8.69. The number of rotatable bonds is 4. The van der Waals surface area contributed by atoms with Crippen LogP contribution in [0.4, 0.5) is 0 Å². The molecule has 52 valence electrons. The Kier molecular flexibility index (Phi) is 5.62. The van der Waals surface area contributed by atoms with Gasteiger partial charge in [0, 0.05) is 12.5 Å². The van der Waals surface area contributed by atoms with Crippen molar-refractivity contribution in [2.75, 3.05) is 5.75 Å². The molecule has 0 aliphatic carbocycles. The van der Waals surface area contributed by atoms with Gasteiger partial charge in [0.25, 0.3) is 0 Å². The number of hydrogen-bond donors (Lipinski definition) is 0. The van der Waals surface area contributed by atoms with Crippen molar-refractivity contribution in [3.63, 3.8) is 0 Å². The minimum absolute atomic E-state index is 0.714. The van der Waals surface area contributed by atoms with E-state index in [1.54, 1.807) is 17.3 Å². The predicted molar refractivity (Wildman–Crippen MR) is 45.3 cm³/mol. The number of hydrogen-bond acceptors (Lipinski definition) is 3. The molecule has 0 radical (unpaired) electrons. The fraction of sp³-hybridized carbons (Fsp3) is 0.667. The van der Waals surface area contributed by atoms with E-state index in [-0.39, 0.29) is 0 Å². The van der Waals surface area contributed by atoms with Crippen LogP contribution in [0.3, 0.4) is 0 Å². The molecule has 9 heavy (non-hydrogen) atoms. The molecule has 0 spiro atoms. The van der Waals surface area contributed by atoms with E-state index in [4.69, 9.17) is 0 Å². The Morgan fingerprint density at radius 3 is 2.78 bits per heavy atom. The molecular formula is C6H12N2S. The van der Waals surface area contributed by atoms with Crippen LogP contribution in [-0.4, -0.2) is 18.0 Å². The van der Waals surface area contributed by atoms with Gasteiger partial charge in [-0.2, -0.15) is 10.2 Å². The minimum Gasteiger partial charge on any atom is -0.167 e. The van der Waals surface area contributed by atoms with E-state index in [0.717, 1.165) is 5.75 Å². The third kappa shape index (κ3) is 7.69. The first-order valence-corrected chi connectivity index (χ1v) is 3.91. The first-order chi connectivity index (χ1) is 4.27. The third-order valence-electron chi connectivity index (χ3n) is 0.633. The summed E-state index contributed by atoms with van der Waals surface area (Å²) in [7, 11) is 0. The monoisotopic (exact) mass is 144 g/mol. The van der Waals surface area contributed by atoms with Gasteiger partial charge >= 0.3 is 0 Å². The van der Waals surface area contributed by atoms with Crippen molar-refractivity contribution in [3.8, 4) is 0 Å². The second kappa shape index (κ2) is 5.82. The van der Waals surface area contributed by atoms with Crippen molar-refractivity contribution >= 4 is 24.0 Å². The standard InChI is InChI=1S/C6H12N2S/c1-6(2)4-9-5-8-7-3/h5-6H,3-4H2,1-2H3/b8-5-. The summed E-state index contributed by atoms with van der Waals surface area (Å²) in [6.07, 6.45) is 0. The molecule has 2 nitrogen and oxygen atoms in total. The molecule has 0 saturated carbocycles. The molecule has 0 fully saturated rings. The zero-order valence-corrected chi connectivity index (χ0v) is 6.69. The van der Waals surface area contributed by atoms with Crippen molar-refractivity contribution in [1.82, 2.24) is 0 Å². The second-order valence-electron chi connectivity index (χ2n) is 2.09. The maximum Gasteiger partial charge on any atom is 0.0824 e.